The molecule has 0 aliphatic heterocycles. The van der Waals surface area contributed by atoms with Crippen molar-refractivity contribution in [2.45, 2.75) is 26.2 Å². The molecule has 4 heteroatoms. The fourth-order valence-corrected chi connectivity index (χ4v) is 1.92. The Labute approximate surface area is 101 Å². The van der Waals surface area contributed by atoms with Crippen LogP contribution in [0.25, 0.3) is 0 Å². The predicted octanol–water partition coefficient (Wildman–Crippen LogP) is 3.25. The van der Waals surface area contributed by atoms with Crippen LogP contribution in [-0.4, -0.2) is 13.7 Å². The van der Waals surface area contributed by atoms with Gasteiger partial charge in [0, 0.05) is 0 Å². The smallest absolute Gasteiger partial charge is 0.173 e. The molecule has 0 bridgehead atoms. The van der Waals surface area contributed by atoms with Crippen molar-refractivity contribution in [2.24, 2.45) is 5.73 Å². The molecule has 0 aliphatic rings. The van der Waals surface area contributed by atoms with Crippen molar-refractivity contribution < 1.29 is 9.13 Å². The molecule has 2 nitrogen and oxygen atoms in total. The van der Waals surface area contributed by atoms with Crippen molar-refractivity contribution in [3.8, 4) is 5.75 Å². The monoisotopic (exact) mass is 245 g/mol. The lowest BCUT2D eigenvalue weighted by Gasteiger charge is -2.16. The van der Waals surface area contributed by atoms with Crippen LogP contribution in [0.15, 0.2) is 6.07 Å². The summed E-state index contributed by atoms with van der Waals surface area (Å²) in [4.78, 5) is 0. The maximum absolute atomic E-state index is 14.0. The highest BCUT2D eigenvalue weighted by molar-refractivity contribution is 6.32. The second-order valence-corrected chi connectivity index (χ2v) is 4.30. The Balaban J connectivity index is 3.25. The number of ether oxygens (including phenoxy) is 1. The first-order valence-corrected chi connectivity index (χ1v) is 5.63. The predicted molar refractivity (Wildman–Crippen MR) is 64.8 cm³/mol. The van der Waals surface area contributed by atoms with Crippen LogP contribution in [-0.2, 0) is 0 Å². The molecule has 0 radical (unpaired) electrons. The average Bonchev–Trinajstić information content (AvgIpc) is 2.24. The molecule has 2 N–H and O–H groups in total. The summed E-state index contributed by atoms with van der Waals surface area (Å²) >= 11 is 5.96. The summed E-state index contributed by atoms with van der Waals surface area (Å²) in [6, 6.07) is 1.76. The standard InChI is InChI=1S/C12H17ClFNO/c1-7(4-5-15)9-6-8(2)10(13)12(16-3)11(9)14/h6-7H,4-5,15H2,1-3H3. The fraction of sp³-hybridized carbons (Fsp3) is 0.500. The van der Waals surface area contributed by atoms with Gasteiger partial charge in [-0.15, -0.1) is 0 Å². The molecule has 0 aromatic heterocycles. The topological polar surface area (TPSA) is 35.2 Å². The third-order valence-corrected chi connectivity index (χ3v) is 3.17. The SMILES string of the molecule is COc1c(F)c(C(C)CCN)cc(C)c1Cl. The highest BCUT2D eigenvalue weighted by atomic mass is 35.5. The molecule has 1 atom stereocenters. The summed E-state index contributed by atoms with van der Waals surface area (Å²) in [6.45, 7) is 4.31. The van der Waals surface area contributed by atoms with Crippen LogP contribution in [0.3, 0.4) is 0 Å². The largest absolute Gasteiger partial charge is 0.492 e. The minimum Gasteiger partial charge on any atom is -0.492 e. The van der Waals surface area contributed by atoms with Gasteiger partial charge in [-0.1, -0.05) is 24.6 Å². The van der Waals surface area contributed by atoms with Gasteiger partial charge in [-0.25, -0.2) is 4.39 Å². The van der Waals surface area contributed by atoms with E-state index in [1.165, 1.54) is 7.11 Å². The molecule has 0 saturated heterocycles. The number of hydrogen-bond acceptors (Lipinski definition) is 2. The van der Waals surface area contributed by atoms with Gasteiger partial charge in [0.1, 0.15) is 0 Å². The van der Waals surface area contributed by atoms with Crippen molar-refractivity contribution >= 4 is 11.6 Å². The lowest BCUT2D eigenvalue weighted by atomic mass is 9.95. The molecule has 0 aliphatic carbocycles. The summed E-state index contributed by atoms with van der Waals surface area (Å²) in [5.74, 6) is -0.186. The van der Waals surface area contributed by atoms with Crippen molar-refractivity contribution in [3.05, 3.63) is 28.0 Å². The highest BCUT2D eigenvalue weighted by Crippen LogP contribution is 2.36. The van der Waals surface area contributed by atoms with Gasteiger partial charge >= 0.3 is 0 Å². The number of benzene rings is 1. The first kappa shape index (κ1) is 13.3. The Hall–Kier alpha value is -0.800. The molecule has 1 rings (SSSR count). The van der Waals surface area contributed by atoms with Crippen LogP contribution in [0, 0.1) is 12.7 Å². The fourth-order valence-electron chi connectivity index (χ4n) is 1.71. The van der Waals surface area contributed by atoms with E-state index in [0.29, 0.717) is 17.1 Å². The first-order chi connectivity index (χ1) is 7.52. The molecule has 0 heterocycles. The number of aryl methyl sites for hydroxylation is 1. The Morgan fingerprint density at radius 3 is 2.69 bits per heavy atom. The Bertz CT molecular complexity index is 382. The van der Waals surface area contributed by atoms with E-state index in [1.807, 2.05) is 13.8 Å². The normalized spacial score (nSPS) is 12.6. The second-order valence-electron chi connectivity index (χ2n) is 3.92. The summed E-state index contributed by atoms with van der Waals surface area (Å²) < 4.78 is 19.0. The first-order valence-electron chi connectivity index (χ1n) is 5.25. The molecule has 1 aromatic rings. The lowest BCUT2D eigenvalue weighted by Crippen LogP contribution is -2.07. The van der Waals surface area contributed by atoms with Crippen LogP contribution in [0.5, 0.6) is 5.75 Å². The van der Waals surface area contributed by atoms with E-state index in [2.05, 4.69) is 0 Å². The summed E-state index contributed by atoms with van der Waals surface area (Å²) in [6.07, 6.45) is 0.737. The van der Waals surface area contributed by atoms with E-state index in [4.69, 9.17) is 22.1 Å². The van der Waals surface area contributed by atoms with Gasteiger partial charge in [-0.05, 0) is 36.9 Å². The molecule has 16 heavy (non-hydrogen) atoms. The Kier molecular flexibility index (Phi) is 4.56. The van der Waals surface area contributed by atoms with Gasteiger partial charge in [0.05, 0.1) is 12.1 Å². The lowest BCUT2D eigenvalue weighted by molar-refractivity contribution is 0.382. The van der Waals surface area contributed by atoms with Gasteiger partial charge in [0.15, 0.2) is 11.6 Å². The molecular formula is C12H17ClFNO. The molecule has 0 fully saturated rings. The number of halogens is 2. The van der Waals surface area contributed by atoms with Crippen LogP contribution in [0.2, 0.25) is 5.02 Å². The van der Waals surface area contributed by atoms with Crippen molar-refractivity contribution in [1.82, 2.24) is 0 Å². The van der Waals surface area contributed by atoms with Gasteiger partial charge < -0.3 is 10.5 Å². The third-order valence-electron chi connectivity index (χ3n) is 2.71. The van der Waals surface area contributed by atoms with Gasteiger partial charge in [0.25, 0.3) is 0 Å². The minimum atomic E-state index is -0.376. The molecule has 0 amide bonds. The van der Waals surface area contributed by atoms with E-state index >= 15 is 0 Å². The van der Waals surface area contributed by atoms with Crippen molar-refractivity contribution in [1.29, 1.82) is 0 Å². The van der Waals surface area contributed by atoms with E-state index in [1.54, 1.807) is 6.07 Å². The quantitative estimate of drug-likeness (QED) is 0.884. The highest BCUT2D eigenvalue weighted by Gasteiger charge is 2.19. The molecule has 90 valence electrons. The number of hydrogen-bond donors (Lipinski definition) is 1. The maximum Gasteiger partial charge on any atom is 0.173 e. The van der Waals surface area contributed by atoms with Crippen LogP contribution < -0.4 is 10.5 Å². The molecule has 1 unspecified atom stereocenters. The van der Waals surface area contributed by atoms with Crippen molar-refractivity contribution in [3.63, 3.8) is 0 Å². The van der Waals surface area contributed by atoms with Crippen LogP contribution >= 0.6 is 11.6 Å². The average molecular weight is 246 g/mol. The molecular weight excluding hydrogens is 229 g/mol. The zero-order chi connectivity index (χ0) is 12.3. The van der Waals surface area contributed by atoms with Gasteiger partial charge in [-0.2, -0.15) is 0 Å². The van der Waals surface area contributed by atoms with E-state index in [9.17, 15) is 4.39 Å². The third kappa shape index (κ3) is 2.47. The maximum atomic E-state index is 14.0. The zero-order valence-corrected chi connectivity index (χ0v) is 10.6. The summed E-state index contributed by atoms with van der Waals surface area (Å²) in [5, 5.41) is 0.337. The number of rotatable bonds is 4. The second kappa shape index (κ2) is 5.51. The van der Waals surface area contributed by atoms with Crippen LogP contribution in [0.4, 0.5) is 4.39 Å². The Morgan fingerprint density at radius 2 is 2.19 bits per heavy atom. The summed E-state index contributed by atoms with van der Waals surface area (Å²) in [7, 11) is 1.42. The van der Waals surface area contributed by atoms with Gasteiger partial charge in [0.2, 0.25) is 0 Å². The van der Waals surface area contributed by atoms with E-state index < -0.39 is 0 Å². The van der Waals surface area contributed by atoms with Gasteiger partial charge in [-0.3, -0.25) is 0 Å². The molecule has 0 saturated carbocycles. The summed E-state index contributed by atoms with van der Waals surface area (Å²) in [5.41, 5.74) is 6.91. The van der Waals surface area contributed by atoms with Crippen molar-refractivity contribution in [2.75, 3.05) is 13.7 Å². The number of nitrogens with two attached hydrogens (primary N) is 1. The number of methoxy groups -OCH3 is 1. The Morgan fingerprint density at radius 1 is 1.56 bits per heavy atom. The van der Waals surface area contributed by atoms with Crippen LogP contribution in [0.1, 0.15) is 30.4 Å². The van der Waals surface area contributed by atoms with E-state index in [0.717, 1.165) is 12.0 Å². The minimum absolute atomic E-state index is 0.0647. The molecule has 1 aromatic carbocycles. The zero-order valence-electron chi connectivity index (χ0n) is 9.81. The van der Waals surface area contributed by atoms with E-state index in [-0.39, 0.29) is 17.5 Å². The molecule has 0 spiro atoms.